The second kappa shape index (κ2) is 8.26. The van der Waals surface area contributed by atoms with Gasteiger partial charge in [0.05, 0.1) is 0 Å². The van der Waals surface area contributed by atoms with E-state index >= 15 is 0 Å². The number of nitrogens with two attached hydrogens (primary N) is 1. The summed E-state index contributed by atoms with van der Waals surface area (Å²) in [6.07, 6.45) is 1.54. The Labute approximate surface area is 119 Å². The minimum absolute atomic E-state index is 0. The number of aryl methyl sites for hydroxylation is 1. The second-order valence-electron chi connectivity index (χ2n) is 3.34. The lowest BCUT2D eigenvalue weighted by molar-refractivity contribution is 0.457. The lowest BCUT2D eigenvalue weighted by atomic mass is 10.5. The van der Waals surface area contributed by atoms with E-state index in [0.717, 1.165) is 25.5 Å². The van der Waals surface area contributed by atoms with E-state index in [4.69, 9.17) is 5.73 Å². The van der Waals surface area contributed by atoms with Crippen LogP contribution in [-0.2, 0) is 13.1 Å². The van der Waals surface area contributed by atoms with E-state index in [1.54, 1.807) is 6.33 Å². The Morgan fingerprint density at radius 1 is 1.41 bits per heavy atom. The summed E-state index contributed by atoms with van der Waals surface area (Å²) in [6.45, 7) is 9.15. The Morgan fingerprint density at radius 2 is 2.06 bits per heavy atom. The van der Waals surface area contributed by atoms with Crippen LogP contribution in [0.3, 0.4) is 0 Å². The van der Waals surface area contributed by atoms with Crippen LogP contribution in [0.2, 0.25) is 0 Å². The number of nitrogens with zero attached hydrogens (tertiary/aromatic N) is 5. The van der Waals surface area contributed by atoms with Crippen LogP contribution in [0.1, 0.15) is 26.6 Å². The van der Waals surface area contributed by atoms with Crippen molar-refractivity contribution in [2.24, 2.45) is 10.7 Å². The maximum atomic E-state index is 5.87. The lowest BCUT2D eigenvalue weighted by Gasteiger charge is -2.19. The smallest absolute Gasteiger partial charge is 0.191 e. The topological polar surface area (TPSA) is 72.3 Å². The van der Waals surface area contributed by atoms with Gasteiger partial charge in [-0.1, -0.05) is 0 Å². The zero-order valence-electron chi connectivity index (χ0n) is 10.6. The van der Waals surface area contributed by atoms with Crippen LogP contribution in [0.5, 0.6) is 0 Å². The molecule has 0 bridgehead atoms. The molecule has 0 aliphatic carbocycles. The summed E-state index contributed by atoms with van der Waals surface area (Å²) in [5.41, 5.74) is 5.87. The summed E-state index contributed by atoms with van der Waals surface area (Å²) in [4.78, 5) is 10.5. The Morgan fingerprint density at radius 3 is 2.59 bits per heavy atom. The number of aliphatic imine (C=N–C) groups is 1. The SMILES string of the molecule is CCN(CC)C(N)=NCc1ncnn1CC.I. The Kier molecular flexibility index (Phi) is 7.85. The van der Waals surface area contributed by atoms with Gasteiger partial charge < -0.3 is 10.6 Å². The molecule has 2 N–H and O–H groups in total. The van der Waals surface area contributed by atoms with Crippen LogP contribution in [0.15, 0.2) is 11.3 Å². The molecule has 1 aromatic heterocycles. The number of guanidine groups is 1. The highest BCUT2D eigenvalue weighted by Crippen LogP contribution is 1.97. The predicted molar refractivity (Wildman–Crippen MR) is 79.4 cm³/mol. The van der Waals surface area contributed by atoms with E-state index in [-0.39, 0.29) is 24.0 Å². The summed E-state index contributed by atoms with van der Waals surface area (Å²) in [5, 5.41) is 4.08. The monoisotopic (exact) mass is 352 g/mol. The van der Waals surface area contributed by atoms with Gasteiger partial charge in [0.15, 0.2) is 5.96 Å². The summed E-state index contributed by atoms with van der Waals surface area (Å²) < 4.78 is 1.82. The minimum atomic E-state index is 0. The van der Waals surface area contributed by atoms with Gasteiger partial charge in [0.25, 0.3) is 0 Å². The van der Waals surface area contributed by atoms with Crippen LogP contribution in [-0.4, -0.2) is 38.7 Å². The molecule has 0 aliphatic rings. The van der Waals surface area contributed by atoms with Crippen LogP contribution >= 0.6 is 24.0 Å². The number of aromatic nitrogens is 3. The summed E-state index contributed by atoms with van der Waals surface area (Å²) in [7, 11) is 0. The van der Waals surface area contributed by atoms with E-state index < -0.39 is 0 Å². The molecule has 0 radical (unpaired) electrons. The largest absolute Gasteiger partial charge is 0.370 e. The van der Waals surface area contributed by atoms with E-state index in [1.807, 2.05) is 16.5 Å². The number of hydrogen-bond acceptors (Lipinski definition) is 3. The van der Waals surface area contributed by atoms with Gasteiger partial charge in [0, 0.05) is 19.6 Å². The Hall–Kier alpha value is -0.860. The molecule has 0 amide bonds. The summed E-state index contributed by atoms with van der Waals surface area (Å²) in [5.74, 6) is 1.41. The van der Waals surface area contributed by atoms with Gasteiger partial charge in [-0.2, -0.15) is 5.10 Å². The van der Waals surface area contributed by atoms with Crippen molar-refractivity contribution in [2.75, 3.05) is 13.1 Å². The van der Waals surface area contributed by atoms with Crippen molar-refractivity contribution >= 4 is 29.9 Å². The first-order valence-corrected chi connectivity index (χ1v) is 5.64. The third-order valence-electron chi connectivity index (χ3n) is 2.47. The van der Waals surface area contributed by atoms with Crippen LogP contribution in [0, 0.1) is 0 Å². The van der Waals surface area contributed by atoms with E-state index in [0.29, 0.717) is 12.5 Å². The molecule has 1 rings (SSSR count). The summed E-state index contributed by atoms with van der Waals surface area (Å²) >= 11 is 0. The quantitative estimate of drug-likeness (QED) is 0.489. The van der Waals surface area contributed by atoms with Crippen molar-refractivity contribution in [1.29, 1.82) is 0 Å². The fourth-order valence-corrected chi connectivity index (χ4v) is 1.47. The highest BCUT2D eigenvalue weighted by atomic mass is 127. The normalized spacial score (nSPS) is 11.1. The minimum Gasteiger partial charge on any atom is -0.370 e. The first-order chi connectivity index (χ1) is 7.72. The molecule has 0 aliphatic heterocycles. The molecule has 0 saturated heterocycles. The maximum absolute atomic E-state index is 5.87. The Balaban J connectivity index is 0.00000256. The van der Waals surface area contributed by atoms with E-state index in [9.17, 15) is 0 Å². The van der Waals surface area contributed by atoms with Crippen molar-refractivity contribution in [3.8, 4) is 0 Å². The van der Waals surface area contributed by atoms with Crippen LogP contribution < -0.4 is 5.73 Å². The zero-order chi connectivity index (χ0) is 12.0. The molecule has 0 saturated carbocycles. The molecule has 98 valence electrons. The summed E-state index contributed by atoms with van der Waals surface area (Å²) in [6, 6.07) is 0. The van der Waals surface area contributed by atoms with Crippen molar-refractivity contribution in [3.05, 3.63) is 12.2 Å². The highest BCUT2D eigenvalue weighted by Gasteiger charge is 2.04. The molecule has 7 heteroatoms. The first-order valence-electron chi connectivity index (χ1n) is 5.64. The third-order valence-corrected chi connectivity index (χ3v) is 2.47. The average Bonchev–Trinajstić information content (AvgIpc) is 2.75. The molecule has 1 aromatic rings. The first kappa shape index (κ1) is 16.1. The van der Waals surface area contributed by atoms with Gasteiger partial charge >= 0.3 is 0 Å². The van der Waals surface area contributed by atoms with Crippen molar-refractivity contribution in [2.45, 2.75) is 33.9 Å². The van der Waals surface area contributed by atoms with Gasteiger partial charge in [-0.05, 0) is 20.8 Å². The van der Waals surface area contributed by atoms with Gasteiger partial charge in [-0.25, -0.2) is 14.7 Å². The fraction of sp³-hybridized carbons (Fsp3) is 0.700. The van der Waals surface area contributed by atoms with Gasteiger partial charge in [0.1, 0.15) is 18.7 Å². The molecule has 17 heavy (non-hydrogen) atoms. The standard InChI is InChI=1S/C10H20N6.HI/c1-4-15(5-2)10(11)12-7-9-13-8-14-16(9)6-3;/h8H,4-7H2,1-3H3,(H2,11,12);1H. The molecule has 6 nitrogen and oxygen atoms in total. The molecule has 0 atom stereocenters. The zero-order valence-corrected chi connectivity index (χ0v) is 13.0. The van der Waals surface area contributed by atoms with Crippen molar-refractivity contribution < 1.29 is 0 Å². The molecule has 0 fully saturated rings. The average molecular weight is 352 g/mol. The van der Waals surface area contributed by atoms with Gasteiger partial charge in [0.2, 0.25) is 0 Å². The van der Waals surface area contributed by atoms with Crippen LogP contribution in [0.25, 0.3) is 0 Å². The number of rotatable bonds is 5. The van der Waals surface area contributed by atoms with E-state index in [2.05, 4.69) is 28.9 Å². The molecular formula is C10H21IN6. The maximum Gasteiger partial charge on any atom is 0.191 e. The van der Waals surface area contributed by atoms with Crippen molar-refractivity contribution in [1.82, 2.24) is 19.7 Å². The molecule has 1 heterocycles. The molecule has 0 aromatic carbocycles. The highest BCUT2D eigenvalue weighted by molar-refractivity contribution is 14.0. The predicted octanol–water partition coefficient (Wildman–Crippen LogP) is 1.07. The van der Waals surface area contributed by atoms with Crippen molar-refractivity contribution in [3.63, 3.8) is 0 Å². The van der Waals surface area contributed by atoms with Crippen LogP contribution in [0.4, 0.5) is 0 Å². The lowest BCUT2D eigenvalue weighted by Crippen LogP contribution is -2.37. The number of halogens is 1. The van der Waals surface area contributed by atoms with Gasteiger partial charge in [-0.3, -0.25) is 0 Å². The molecular weight excluding hydrogens is 331 g/mol. The second-order valence-corrected chi connectivity index (χ2v) is 3.34. The molecule has 0 spiro atoms. The van der Waals surface area contributed by atoms with Gasteiger partial charge in [-0.15, -0.1) is 24.0 Å². The molecule has 0 unspecified atom stereocenters. The Bertz CT molecular complexity index is 344. The fourth-order valence-electron chi connectivity index (χ4n) is 1.47. The third kappa shape index (κ3) is 4.49. The van der Waals surface area contributed by atoms with E-state index in [1.165, 1.54) is 0 Å². The number of hydrogen-bond donors (Lipinski definition) is 1.